The van der Waals surface area contributed by atoms with Gasteiger partial charge in [-0.25, -0.2) is 4.68 Å². The van der Waals surface area contributed by atoms with Crippen molar-refractivity contribution in [3.63, 3.8) is 0 Å². The van der Waals surface area contributed by atoms with E-state index in [2.05, 4.69) is 16.9 Å². The molecule has 2 aromatic rings. The smallest absolute Gasteiger partial charge is 0.269 e. The number of nitrogens with zero attached hydrogens (tertiary/aromatic N) is 3. The molecular weight excluding hydrogens is 272 g/mol. The Balaban J connectivity index is 2.18. The zero-order chi connectivity index (χ0) is 14.5. The molecule has 0 aliphatic carbocycles. The van der Waals surface area contributed by atoms with Crippen molar-refractivity contribution in [1.82, 2.24) is 9.78 Å². The molecule has 20 heavy (non-hydrogen) atoms. The summed E-state index contributed by atoms with van der Waals surface area (Å²) >= 11 is 1.55. The average molecular weight is 288 g/mol. The first-order valence-electron chi connectivity index (χ1n) is 6.12. The first-order valence-corrected chi connectivity index (χ1v) is 6.94. The molecule has 2 rings (SSSR count). The summed E-state index contributed by atoms with van der Waals surface area (Å²) in [6, 6.07) is 5.47. The molecule has 0 fully saturated rings. The van der Waals surface area contributed by atoms with Crippen molar-refractivity contribution >= 4 is 17.0 Å². The monoisotopic (exact) mass is 288 g/mol. The van der Waals surface area contributed by atoms with Crippen LogP contribution < -0.4 is 16.2 Å². The van der Waals surface area contributed by atoms with Crippen LogP contribution >= 0.6 is 11.3 Å². The number of thiophene rings is 1. The summed E-state index contributed by atoms with van der Waals surface area (Å²) < 4.78 is 1.44. The van der Waals surface area contributed by atoms with Crippen LogP contribution in [-0.2, 0) is 6.54 Å². The lowest BCUT2D eigenvalue weighted by Gasteiger charge is -2.11. The van der Waals surface area contributed by atoms with E-state index >= 15 is 0 Å². The van der Waals surface area contributed by atoms with Crippen molar-refractivity contribution in [3.8, 4) is 11.8 Å². The molecule has 0 radical (unpaired) electrons. The summed E-state index contributed by atoms with van der Waals surface area (Å²) in [6.45, 7) is 0.807. The van der Waals surface area contributed by atoms with E-state index in [0.29, 0.717) is 13.1 Å². The van der Waals surface area contributed by atoms with Gasteiger partial charge < -0.3 is 10.6 Å². The van der Waals surface area contributed by atoms with Gasteiger partial charge in [0.1, 0.15) is 0 Å². The highest BCUT2D eigenvalue weighted by Crippen LogP contribution is 2.16. The SMILES string of the molecule is CN(C)c1cnn(Cc2ccc(C#CCN)s2)c(=O)c1. The molecule has 0 amide bonds. The van der Waals surface area contributed by atoms with Gasteiger partial charge in [-0.15, -0.1) is 11.3 Å². The van der Waals surface area contributed by atoms with E-state index in [4.69, 9.17) is 5.73 Å². The Kier molecular flexibility index (Phi) is 4.56. The molecular formula is C14H16N4OS. The molecule has 2 heterocycles. The summed E-state index contributed by atoms with van der Waals surface area (Å²) in [4.78, 5) is 15.8. The Labute approximate surface area is 121 Å². The Bertz CT molecular complexity index is 706. The van der Waals surface area contributed by atoms with Crippen LogP contribution in [0.5, 0.6) is 0 Å². The molecule has 0 aromatic carbocycles. The minimum atomic E-state index is -0.112. The van der Waals surface area contributed by atoms with Crippen LogP contribution in [0.1, 0.15) is 9.75 Å². The maximum absolute atomic E-state index is 12.0. The standard InChI is InChI=1S/C14H16N4OS/c1-17(2)11-8-14(19)18(16-9-11)10-13-6-5-12(20-13)4-3-7-15/h5-6,8-9H,7,10,15H2,1-2H3. The van der Waals surface area contributed by atoms with Crippen molar-refractivity contribution in [2.75, 3.05) is 25.5 Å². The number of anilines is 1. The van der Waals surface area contributed by atoms with Gasteiger partial charge in [0.2, 0.25) is 0 Å². The molecule has 0 saturated carbocycles. The van der Waals surface area contributed by atoms with Gasteiger partial charge in [-0.3, -0.25) is 4.79 Å². The lowest BCUT2D eigenvalue weighted by atomic mass is 10.4. The highest BCUT2D eigenvalue weighted by atomic mass is 32.1. The van der Waals surface area contributed by atoms with Crippen LogP contribution in [0.25, 0.3) is 0 Å². The third kappa shape index (κ3) is 3.47. The summed E-state index contributed by atoms with van der Waals surface area (Å²) in [5, 5.41) is 4.18. The fourth-order valence-corrected chi connectivity index (χ4v) is 2.47. The lowest BCUT2D eigenvalue weighted by Crippen LogP contribution is -2.24. The van der Waals surface area contributed by atoms with E-state index in [1.54, 1.807) is 23.6 Å². The van der Waals surface area contributed by atoms with Crippen molar-refractivity contribution in [2.24, 2.45) is 5.73 Å². The summed E-state index contributed by atoms with van der Waals surface area (Å²) in [5.74, 6) is 5.79. The quantitative estimate of drug-likeness (QED) is 0.846. The number of rotatable bonds is 3. The van der Waals surface area contributed by atoms with Gasteiger partial charge in [0, 0.05) is 25.0 Å². The topological polar surface area (TPSA) is 64.2 Å². The highest BCUT2D eigenvalue weighted by molar-refractivity contribution is 7.12. The van der Waals surface area contributed by atoms with Crippen LogP contribution in [0.2, 0.25) is 0 Å². The van der Waals surface area contributed by atoms with Crippen LogP contribution in [0.4, 0.5) is 5.69 Å². The van der Waals surface area contributed by atoms with E-state index in [-0.39, 0.29) is 5.56 Å². The zero-order valence-corrected chi connectivity index (χ0v) is 12.3. The Hall–Kier alpha value is -2.10. The van der Waals surface area contributed by atoms with Crippen molar-refractivity contribution in [2.45, 2.75) is 6.54 Å². The van der Waals surface area contributed by atoms with Crippen LogP contribution in [-0.4, -0.2) is 30.4 Å². The van der Waals surface area contributed by atoms with E-state index in [1.165, 1.54) is 4.68 Å². The molecule has 104 valence electrons. The normalized spacial score (nSPS) is 9.95. The van der Waals surface area contributed by atoms with Gasteiger partial charge in [0.15, 0.2) is 0 Å². The Morgan fingerprint density at radius 1 is 1.45 bits per heavy atom. The zero-order valence-electron chi connectivity index (χ0n) is 11.5. The average Bonchev–Trinajstić information content (AvgIpc) is 2.86. The molecule has 0 atom stereocenters. The molecule has 0 spiro atoms. The molecule has 2 N–H and O–H groups in total. The van der Waals surface area contributed by atoms with E-state index in [1.807, 2.05) is 31.1 Å². The van der Waals surface area contributed by atoms with E-state index in [0.717, 1.165) is 15.4 Å². The van der Waals surface area contributed by atoms with Gasteiger partial charge in [0.05, 0.1) is 29.9 Å². The number of nitrogens with two attached hydrogens (primary N) is 1. The van der Waals surface area contributed by atoms with Crippen molar-refractivity contribution < 1.29 is 0 Å². The third-order valence-electron chi connectivity index (χ3n) is 2.65. The van der Waals surface area contributed by atoms with Gasteiger partial charge in [-0.2, -0.15) is 5.10 Å². The molecule has 0 aliphatic heterocycles. The van der Waals surface area contributed by atoms with Crippen LogP contribution in [0.15, 0.2) is 29.2 Å². The molecule has 6 heteroatoms. The lowest BCUT2D eigenvalue weighted by molar-refractivity contribution is 0.644. The predicted octanol–water partition coefficient (Wildman–Crippen LogP) is 0.729. The highest BCUT2D eigenvalue weighted by Gasteiger charge is 2.04. The molecule has 0 unspecified atom stereocenters. The Morgan fingerprint density at radius 3 is 2.90 bits per heavy atom. The first-order chi connectivity index (χ1) is 9.60. The van der Waals surface area contributed by atoms with E-state index < -0.39 is 0 Å². The third-order valence-corrected chi connectivity index (χ3v) is 3.64. The van der Waals surface area contributed by atoms with Gasteiger partial charge in [-0.1, -0.05) is 11.8 Å². The van der Waals surface area contributed by atoms with Gasteiger partial charge >= 0.3 is 0 Å². The van der Waals surface area contributed by atoms with Crippen molar-refractivity contribution in [1.29, 1.82) is 0 Å². The van der Waals surface area contributed by atoms with Gasteiger partial charge in [-0.05, 0) is 12.1 Å². The van der Waals surface area contributed by atoms with Crippen LogP contribution in [0, 0.1) is 11.8 Å². The second-order valence-corrected chi connectivity index (χ2v) is 5.54. The molecule has 2 aromatic heterocycles. The summed E-state index contributed by atoms with van der Waals surface area (Å²) in [6.07, 6.45) is 1.68. The first kappa shape index (κ1) is 14.3. The minimum Gasteiger partial charge on any atom is -0.376 e. The molecule has 5 nitrogen and oxygen atoms in total. The number of hydrogen-bond acceptors (Lipinski definition) is 5. The Morgan fingerprint density at radius 2 is 2.25 bits per heavy atom. The molecule has 0 saturated heterocycles. The molecule has 0 aliphatic rings. The fourth-order valence-electron chi connectivity index (χ4n) is 1.60. The van der Waals surface area contributed by atoms with Crippen molar-refractivity contribution in [3.05, 3.63) is 44.5 Å². The van der Waals surface area contributed by atoms with Crippen LogP contribution in [0.3, 0.4) is 0 Å². The number of aromatic nitrogens is 2. The fraction of sp³-hybridized carbons (Fsp3) is 0.286. The largest absolute Gasteiger partial charge is 0.376 e. The maximum atomic E-state index is 12.0. The maximum Gasteiger partial charge on any atom is 0.269 e. The van der Waals surface area contributed by atoms with E-state index in [9.17, 15) is 4.79 Å². The summed E-state index contributed by atoms with van der Waals surface area (Å²) in [7, 11) is 3.75. The minimum absolute atomic E-state index is 0.112. The second kappa shape index (κ2) is 6.37. The molecule has 0 bridgehead atoms. The van der Waals surface area contributed by atoms with Gasteiger partial charge in [0.25, 0.3) is 5.56 Å². The predicted molar refractivity (Wildman–Crippen MR) is 82.2 cm³/mol. The summed E-state index contributed by atoms with van der Waals surface area (Å²) in [5.41, 5.74) is 6.02. The number of hydrogen-bond donors (Lipinski definition) is 1. The second-order valence-electron chi connectivity index (χ2n) is 4.38.